The summed E-state index contributed by atoms with van der Waals surface area (Å²) in [6.07, 6.45) is 1.40. The molecule has 0 aliphatic carbocycles. The molecule has 0 saturated heterocycles. The molecule has 0 bridgehead atoms. The van der Waals surface area contributed by atoms with Gasteiger partial charge in [-0.15, -0.1) is 0 Å². The predicted octanol–water partition coefficient (Wildman–Crippen LogP) is 2.10. The number of hydrogen-bond acceptors (Lipinski definition) is 7. The summed E-state index contributed by atoms with van der Waals surface area (Å²) in [5.74, 6) is -2.02. The van der Waals surface area contributed by atoms with Crippen LogP contribution in [0.2, 0.25) is 0 Å². The number of nitrogens with zero attached hydrogens (tertiary/aromatic N) is 1. The van der Waals surface area contributed by atoms with Gasteiger partial charge in [0.1, 0.15) is 11.3 Å². The minimum absolute atomic E-state index is 0.0729. The van der Waals surface area contributed by atoms with Gasteiger partial charge in [0.15, 0.2) is 0 Å². The normalized spacial score (nSPS) is 15.6. The Bertz CT molecular complexity index is 1040. The number of benzene rings is 1. The Morgan fingerprint density at radius 3 is 2.75 bits per heavy atom. The van der Waals surface area contributed by atoms with Crippen LogP contribution in [0.15, 0.2) is 46.6 Å². The first kappa shape index (κ1) is 19.2. The van der Waals surface area contributed by atoms with Crippen molar-refractivity contribution in [3.8, 4) is 5.75 Å². The number of hydrogen-bond donors (Lipinski definition) is 2. The molecule has 2 heterocycles. The number of carbonyl (C=O) groups is 1. The average molecular weight is 385 g/mol. The van der Waals surface area contributed by atoms with E-state index in [1.807, 2.05) is 6.92 Å². The molecule has 0 fully saturated rings. The van der Waals surface area contributed by atoms with Gasteiger partial charge in [-0.2, -0.15) is 0 Å². The van der Waals surface area contributed by atoms with Crippen LogP contribution < -0.4 is 16.0 Å². The van der Waals surface area contributed by atoms with E-state index in [1.165, 1.54) is 18.2 Å². The van der Waals surface area contributed by atoms with Crippen molar-refractivity contribution in [3.63, 3.8) is 0 Å². The van der Waals surface area contributed by atoms with Crippen LogP contribution in [0.25, 0.3) is 0 Å². The van der Waals surface area contributed by atoms with Crippen molar-refractivity contribution >= 4 is 11.7 Å². The van der Waals surface area contributed by atoms with Gasteiger partial charge in [-0.05, 0) is 6.42 Å². The number of aromatic nitrogens is 1. The molecule has 3 N–H and O–H groups in total. The van der Waals surface area contributed by atoms with Crippen molar-refractivity contribution in [1.29, 1.82) is 0 Å². The van der Waals surface area contributed by atoms with Gasteiger partial charge in [0, 0.05) is 23.4 Å². The Labute approximate surface area is 159 Å². The summed E-state index contributed by atoms with van der Waals surface area (Å²) in [6.45, 7) is 1.96. The van der Waals surface area contributed by atoms with Crippen LogP contribution in [-0.2, 0) is 16.0 Å². The highest BCUT2D eigenvalue weighted by molar-refractivity contribution is 5.93. The Morgan fingerprint density at radius 2 is 2.11 bits per heavy atom. The fraction of sp³-hybridized carbons (Fsp3) is 0.263. The molecule has 9 nitrogen and oxygen atoms in total. The van der Waals surface area contributed by atoms with Gasteiger partial charge in [-0.3, -0.25) is 14.9 Å². The van der Waals surface area contributed by atoms with E-state index in [0.29, 0.717) is 12.1 Å². The van der Waals surface area contributed by atoms with Crippen LogP contribution in [0.1, 0.15) is 36.1 Å². The van der Waals surface area contributed by atoms with E-state index in [1.54, 1.807) is 12.1 Å². The SMILES string of the molecule is CCCc1cc2c(c(=O)[nH]1)C(c1ccccc1[N+](=O)[O-])C(C(=O)OC)=C(N)O2. The van der Waals surface area contributed by atoms with Gasteiger partial charge < -0.3 is 20.2 Å². The highest BCUT2D eigenvalue weighted by atomic mass is 16.6. The third kappa shape index (κ3) is 3.22. The first-order valence-corrected chi connectivity index (χ1v) is 8.64. The number of nitrogens with one attached hydrogen (secondary N) is 1. The Balaban J connectivity index is 2.33. The fourth-order valence-corrected chi connectivity index (χ4v) is 3.36. The lowest BCUT2D eigenvalue weighted by atomic mass is 9.82. The number of nitro benzene ring substituents is 1. The van der Waals surface area contributed by atoms with Crippen LogP contribution in [0.3, 0.4) is 0 Å². The zero-order chi connectivity index (χ0) is 20.4. The largest absolute Gasteiger partial charge is 0.465 e. The van der Waals surface area contributed by atoms with Crippen molar-refractivity contribution in [3.05, 3.63) is 79.1 Å². The monoisotopic (exact) mass is 385 g/mol. The van der Waals surface area contributed by atoms with Crippen molar-refractivity contribution < 1.29 is 19.2 Å². The lowest BCUT2D eigenvalue weighted by molar-refractivity contribution is -0.385. The molecule has 3 rings (SSSR count). The van der Waals surface area contributed by atoms with Gasteiger partial charge in [-0.25, -0.2) is 4.79 Å². The number of para-hydroxylation sites is 1. The summed E-state index contributed by atoms with van der Waals surface area (Å²) in [4.78, 5) is 39.0. The summed E-state index contributed by atoms with van der Waals surface area (Å²) < 4.78 is 10.3. The van der Waals surface area contributed by atoms with Crippen LogP contribution in [-0.4, -0.2) is 23.0 Å². The highest BCUT2D eigenvalue weighted by Crippen LogP contribution is 2.43. The molecule has 146 valence electrons. The topological polar surface area (TPSA) is 138 Å². The third-order valence-corrected chi connectivity index (χ3v) is 4.52. The minimum atomic E-state index is -1.10. The molecule has 0 spiro atoms. The highest BCUT2D eigenvalue weighted by Gasteiger charge is 2.40. The first-order valence-electron chi connectivity index (χ1n) is 8.64. The number of esters is 1. The number of nitrogens with two attached hydrogens (primary N) is 1. The second kappa shape index (κ2) is 7.55. The molecule has 28 heavy (non-hydrogen) atoms. The standard InChI is InChI=1S/C19H19N3O6/c1-3-6-10-9-13-15(18(23)21-10)14(16(17(20)28-13)19(24)27-2)11-7-4-5-8-12(11)22(25)26/h4-5,7-9,14H,3,6,20H2,1-2H3,(H,21,23). The number of ether oxygens (including phenoxy) is 2. The zero-order valence-electron chi connectivity index (χ0n) is 15.4. The number of nitro groups is 1. The number of carbonyl (C=O) groups excluding carboxylic acids is 1. The first-order chi connectivity index (χ1) is 13.4. The van der Waals surface area contributed by atoms with Crippen molar-refractivity contribution in [2.24, 2.45) is 5.73 Å². The van der Waals surface area contributed by atoms with Crippen LogP contribution >= 0.6 is 0 Å². The number of fused-ring (bicyclic) bond motifs is 1. The Morgan fingerprint density at radius 1 is 1.39 bits per heavy atom. The Kier molecular flexibility index (Phi) is 5.16. The molecular formula is C19H19N3O6. The van der Waals surface area contributed by atoms with E-state index in [0.717, 1.165) is 13.5 Å². The predicted molar refractivity (Wildman–Crippen MR) is 99.9 cm³/mol. The quantitative estimate of drug-likeness (QED) is 0.457. The van der Waals surface area contributed by atoms with Gasteiger partial charge in [0.05, 0.1) is 23.5 Å². The molecule has 1 atom stereocenters. The minimum Gasteiger partial charge on any atom is -0.465 e. The number of methoxy groups -OCH3 is 1. The number of rotatable bonds is 5. The molecule has 0 amide bonds. The molecule has 9 heteroatoms. The average Bonchev–Trinajstić information content (AvgIpc) is 2.66. The second-order valence-electron chi connectivity index (χ2n) is 6.27. The lowest BCUT2D eigenvalue weighted by Crippen LogP contribution is -2.32. The summed E-state index contributed by atoms with van der Waals surface area (Å²) >= 11 is 0. The van der Waals surface area contributed by atoms with Crippen LogP contribution in [0, 0.1) is 10.1 Å². The number of aryl methyl sites for hydroxylation is 1. The third-order valence-electron chi connectivity index (χ3n) is 4.52. The van der Waals surface area contributed by atoms with Crippen molar-refractivity contribution in [1.82, 2.24) is 4.98 Å². The molecule has 1 aliphatic rings. The maximum atomic E-state index is 12.9. The maximum absolute atomic E-state index is 12.9. The van der Waals surface area contributed by atoms with E-state index in [2.05, 4.69) is 4.98 Å². The molecule has 0 saturated carbocycles. The zero-order valence-corrected chi connectivity index (χ0v) is 15.4. The second-order valence-corrected chi connectivity index (χ2v) is 6.27. The van der Waals surface area contributed by atoms with Gasteiger partial charge >= 0.3 is 5.97 Å². The number of pyridine rings is 1. The molecule has 1 aliphatic heterocycles. The van der Waals surface area contributed by atoms with Gasteiger partial charge in [0.25, 0.3) is 11.2 Å². The summed E-state index contributed by atoms with van der Waals surface area (Å²) in [5.41, 5.74) is 5.93. The van der Waals surface area contributed by atoms with E-state index in [-0.39, 0.29) is 34.0 Å². The smallest absolute Gasteiger partial charge is 0.340 e. The molecule has 2 aromatic rings. The number of H-pyrrole nitrogens is 1. The van der Waals surface area contributed by atoms with Gasteiger partial charge in [0.2, 0.25) is 5.88 Å². The van der Waals surface area contributed by atoms with E-state index < -0.39 is 22.4 Å². The van der Waals surface area contributed by atoms with E-state index in [9.17, 15) is 19.7 Å². The summed E-state index contributed by atoms with van der Waals surface area (Å²) in [7, 11) is 1.16. The molecule has 1 unspecified atom stereocenters. The number of aromatic amines is 1. The maximum Gasteiger partial charge on any atom is 0.340 e. The summed E-state index contributed by atoms with van der Waals surface area (Å²) in [6, 6.07) is 7.50. The summed E-state index contributed by atoms with van der Waals surface area (Å²) in [5, 5.41) is 11.6. The van der Waals surface area contributed by atoms with Crippen LogP contribution in [0.5, 0.6) is 5.75 Å². The van der Waals surface area contributed by atoms with Crippen LogP contribution in [0.4, 0.5) is 5.69 Å². The van der Waals surface area contributed by atoms with E-state index in [4.69, 9.17) is 15.2 Å². The van der Waals surface area contributed by atoms with Crippen molar-refractivity contribution in [2.75, 3.05) is 7.11 Å². The van der Waals surface area contributed by atoms with Gasteiger partial charge in [-0.1, -0.05) is 31.5 Å². The van der Waals surface area contributed by atoms with Crippen molar-refractivity contribution in [2.45, 2.75) is 25.7 Å². The van der Waals surface area contributed by atoms with E-state index >= 15 is 0 Å². The molecule has 1 aromatic heterocycles. The fourth-order valence-electron chi connectivity index (χ4n) is 3.36. The lowest BCUT2D eigenvalue weighted by Gasteiger charge is -2.27. The Hall–Kier alpha value is -3.62. The molecular weight excluding hydrogens is 366 g/mol. The molecule has 1 aromatic carbocycles. The molecule has 0 radical (unpaired) electrons.